The minimum absolute atomic E-state index is 1.17. The molecule has 6 aromatic carbocycles. The second kappa shape index (κ2) is 12.7. The van der Waals surface area contributed by atoms with Crippen molar-refractivity contribution in [1.82, 2.24) is 0 Å². The molecule has 0 N–H and O–H groups in total. The standard InChI is InChI=1S/C44H44N2/c1-29-15-21-39(22-16-29)45(43-31(3)11-9-12-32(43)4)41-25-19-37(27-35(41)7)38-20-26-42(36(8)28-38)46(40-23-17-30(2)18-24-40)44-33(5)13-10-14-34(44)6/h9-28H,1-8H3. The van der Waals surface area contributed by atoms with Crippen molar-refractivity contribution in [3.05, 3.63) is 166 Å². The molecular weight excluding hydrogens is 556 g/mol. The van der Waals surface area contributed by atoms with Crippen molar-refractivity contribution >= 4 is 34.1 Å². The fourth-order valence-corrected chi connectivity index (χ4v) is 6.65. The molecule has 0 amide bonds. The third-order valence-corrected chi connectivity index (χ3v) is 9.12. The number of para-hydroxylation sites is 2. The van der Waals surface area contributed by atoms with Crippen LogP contribution in [0.3, 0.4) is 0 Å². The van der Waals surface area contributed by atoms with Crippen molar-refractivity contribution in [3.8, 4) is 11.1 Å². The lowest BCUT2D eigenvalue weighted by Gasteiger charge is -2.31. The fraction of sp³-hybridized carbons (Fsp3) is 0.182. The van der Waals surface area contributed by atoms with Gasteiger partial charge in [0, 0.05) is 22.7 Å². The zero-order valence-electron chi connectivity index (χ0n) is 28.4. The summed E-state index contributed by atoms with van der Waals surface area (Å²) in [5.41, 5.74) is 19.7. The van der Waals surface area contributed by atoms with Crippen LogP contribution in [0, 0.1) is 55.4 Å². The summed E-state index contributed by atoms with van der Waals surface area (Å²) in [6.45, 7) is 17.6. The quantitative estimate of drug-likeness (QED) is 0.180. The van der Waals surface area contributed by atoms with E-state index in [-0.39, 0.29) is 0 Å². The average Bonchev–Trinajstić information content (AvgIpc) is 3.03. The predicted molar refractivity (Wildman–Crippen MR) is 199 cm³/mol. The first-order valence-corrected chi connectivity index (χ1v) is 16.2. The fourth-order valence-electron chi connectivity index (χ4n) is 6.65. The van der Waals surface area contributed by atoms with E-state index in [1.165, 1.54) is 89.8 Å². The van der Waals surface area contributed by atoms with E-state index in [1.807, 2.05) is 0 Å². The molecule has 0 aromatic heterocycles. The topological polar surface area (TPSA) is 6.48 Å². The first-order valence-electron chi connectivity index (χ1n) is 16.2. The van der Waals surface area contributed by atoms with E-state index >= 15 is 0 Å². The maximum atomic E-state index is 2.42. The zero-order valence-corrected chi connectivity index (χ0v) is 28.4. The summed E-state index contributed by atoms with van der Waals surface area (Å²) >= 11 is 0. The Morgan fingerprint density at radius 3 is 0.957 bits per heavy atom. The van der Waals surface area contributed by atoms with Crippen LogP contribution in [0.25, 0.3) is 11.1 Å². The molecule has 0 unspecified atom stereocenters. The highest BCUT2D eigenvalue weighted by Gasteiger charge is 2.21. The summed E-state index contributed by atoms with van der Waals surface area (Å²) in [7, 11) is 0. The average molecular weight is 601 g/mol. The first kappa shape index (κ1) is 30.9. The van der Waals surface area contributed by atoms with Crippen LogP contribution in [0.1, 0.15) is 44.5 Å². The Morgan fingerprint density at radius 2 is 0.652 bits per heavy atom. The maximum Gasteiger partial charge on any atom is 0.0520 e. The molecule has 6 aromatic rings. The monoisotopic (exact) mass is 600 g/mol. The lowest BCUT2D eigenvalue weighted by Crippen LogP contribution is -2.14. The molecule has 0 aliphatic heterocycles. The first-order chi connectivity index (χ1) is 22.1. The van der Waals surface area contributed by atoms with E-state index in [9.17, 15) is 0 Å². The van der Waals surface area contributed by atoms with Crippen molar-refractivity contribution in [2.75, 3.05) is 9.80 Å². The number of hydrogen-bond acceptors (Lipinski definition) is 2. The summed E-state index contributed by atoms with van der Waals surface area (Å²) in [4.78, 5) is 4.84. The zero-order chi connectivity index (χ0) is 32.5. The molecule has 0 bridgehead atoms. The van der Waals surface area contributed by atoms with E-state index < -0.39 is 0 Å². The van der Waals surface area contributed by atoms with Gasteiger partial charge in [0.2, 0.25) is 0 Å². The molecule has 6 rings (SSSR count). The molecule has 0 atom stereocenters. The van der Waals surface area contributed by atoms with Crippen molar-refractivity contribution in [2.45, 2.75) is 55.4 Å². The lowest BCUT2D eigenvalue weighted by atomic mass is 9.97. The number of anilines is 6. The normalized spacial score (nSPS) is 11.0. The summed E-state index contributed by atoms with van der Waals surface area (Å²) in [6, 6.07) is 44.6. The van der Waals surface area contributed by atoms with Gasteiger partial charge >= 0.3 is 0 Å². The third-order valence-electron chi connectivity index (χ3n) is 9.12. The van der Waals surface area contributed by atoms with Crippen LogP contribution < -0.4 is 9.80 Å². The van der Waals surface area contributed by atoms with Gasteiger partial charge in [-0.25, -0.2) is 0 Å². The highest BCUT2D eigenvalue weighted by atomic mass is 15.2. The molecule has 0 fully saturated rings. The Hall–Kier alpha value is -5.08. The van der Waals surface area contributed by atoms with Gasteiger partial charge in [0.05, 0.1) is 11.4 Å². The molecule has 0 aliphatic carbocycles. The van der Waals surface area contributed by atoms with Crippen molar-refractivity contribution < 1.29 is 0 Å². The molecule has 0 heterocycles. The Bertz CT molecular complexity index is 1830. The molecule has 2 heteroatoms. The summed E-state index contributed by atoms with van der Waals surface area (Å²) < 4.78 is 0. The second-order valence-electron chi connectivity index (χ2n) is 12.8. The molecule has 2 nitrogen and oxygen atoms in total. The predicted octanol–water partition coefficient (Wildman–Crippen LogP) is 12.8. The third kappa shape index (κ3) is 5.96. The van der Waals surface area contributed by atoms with Gasteiger partial charge < -0.3 is 9.80 Å². The number of benzene rings is 6. The van der Waals surface area contributed by atoms with Crippen molar-refractivity contribution in [3.63, 3.8) is 0 Å². The molecule has 0 aliphatic rings. The minimum Gasteiger partial charge on any atom is -0.310 e. The van der Waals surface area contributed by atoms with Gasteiger partial charge in [-0.1, -0.05) is 83.9 Å². The molecule has 0 spiro atoms. The summed E-state index contributed by atoms with van der Waals surface area (Å²) in [5, 5.41) is 0. The highest BCUT2D eigenvalue weighted by molar-refractivity contribution is 5.86. The Balaban J connectivity index is 1.43. The molecular formula is C44H44N2. The molecule has 0 saturated carbocycles. The van der Waals surface area contributed by atoms with Crippen LogP contribution >= 0.6 is 0 Å². The SMILES string of the molecule is Cc1ccc(N(c2ccc(-c3ccc(N(c4ccc(C)cc4)c4c(C)cccc4C)c(C)c3)cc2C)c2c(C)cccc2C)cc1. The molecule has 46 heavy (non-hydrogen) atoms. The van der Waals surface area contributed by atoms with Crippen molar-refractivity contribution in [1.29, 1.82) is 0 Å². The summed E-state index contributed by atoms with van der Waals surface area (Å²) in [6.07, 6.45) is 0. The van der Waals surface area contributed by atoms with Crippen LogP contribution in [0.5, 0.6) is 0 Å². The number of nitrogens with zero attached hydrogens (tertiary/aromatic N) is 2. The molecule has 0 radical (unpaired) electrons. The van der Waals surface area contributed by atoms with Gasteiger partial charge in [-0.15, -0.1) is 0 Å². The second-order valence-corrected chi connectivity index (χ2v) is 12.8. The highest BCUT2D eigenvalue weighted by Crippen LogP contribution is 2.43. The van der Waals surface area contributed by atoms with Crippen LogP contribution in [0.2, 0.25) is 0 Å². The smallest absolute Gasteiger partial charge is 0.0520 e. The van der Waals surface area contributed by atoms with E-state index in [0.29, 0.717) is 0 Å². The van der Waals surface area contributed by atoms with Gasteiger partial charge in [-0.3, -0.25) is 0 Å². The van der Waals surface area contributed by atoms with Gasteiger partial charge in [-0.2, -0.15) is 0 Å². The molecule has 230 valence electrons. The largest absolute Gasteiger partial charge is 0.310 e. The van der Waals surface area contributed by atoms with Gasteiger partial charge in [0.25, 0.3) is 0 Å². The summed E-state index contributed by atoms with van der Waals surface area (Å²) in [5.74, 6) is 0. The van der Waals surface area contributed by atoms with E-state index in [4.69, 9.17) is 0 Å². The van der Waals surface area contributed by atoms with Crippen molar-refractivity contribution in [2.24, 2.45) is 0 Å². The molecule has 0 saturated heterocycles. The minimum atomic E-state index is 1.17. The van der Waals surface area contributed by atoms with Crippen LogP contribution in [-0.4, -0.2) is 0 Å². The van der Waals surface area contributed by atoms with E-state index in [2.05, 4.69) is 187 Å². The number of rotatable bonds is 7. The van der Waals surface area contributed by atoms with Gasteiger partial charge in [0.15, 0.2) is 0 Å². The van der Waals surface area contributed by atoms with Crippen LogP contribution in [-0.2, 0) is 0 Å². The lowest BCUT2D eigenvalue weighted by molar-refractivity contribution is 1.19. The van der Waals surface area contributed by atoms with Gasteiger partial charge in [-0.05, 0) is 148 Å². The number of aryl methyl sites for hydroxylation is 8. The number of hydrogen-bond donors (Lipinski definition) is 0. The Kier molecular flexibility index (Phi) is 8.56. The Morgan fingerprint density at radius 1 is 0.326 bits per heavy atom. The van der Waals surface area contributed by atoms with E-state index in [0.717, 1.165) is 0 Å². The van der Waals surface area contributed by atoms with Gasteiger partial charge in [0.1, 0.15) is 0 Å². The Labute approximate surface area is 275 Å². The van der Waals surface area contributed by atoms with Crippen LogP contribution in [0.15, 0.2) is 121 Å². The van der Waals surface area contributed by atoms with Crippen LogP contribution in [0.4, 0.5) is 34.1 Å². The van der Waals surface area contributed by atoms with E-state index in [1.54, 1.807) is 0 Å². The maximum absolute atomic E-state index is 2.42.